The lowest BCUT2D eigenvalue weighted by Gasteiger charge is -2.12. The zero-order valence-corrected chi connectivity index (χ0v) is 9.90. The number of alkyl halides is 3. The Morgan fingerprint density at radius 2 is 1.79 bits per heavy atom. The zero-order valence-electron chi connectivity index (χ0n) is 9.90. The van der Waals surface area contributed by atoms with Crippen LogP contribution in [0.5, 0.6) is 0 Å². The molecular formula is C12H10F3N3O. The van der Waals surface area contributed by atoms with Crippen molar-refractivity contribution in [3.05, 3.63) is 51.9 Å². The molecule has 1 heterocycles. The van der Waals surface area contributed by atoms with Gasteiger partial charge in [-0.1, -0.05) is 17.7 Å². The fraction of sp³-hybridized carbons (Fsp3) is 0.167. The molecule has 2 aromatic rings. The lowest BCUT2D eigenvalue weighted by atomic mass is 10.2. The molecule has 2 N–H and O–H groups in total. The second kappa shape index (κ2) is 4.42. The van der Waals surface area contributed by atoms with Crippen LogP contribution in [0.4, 0.5) is 19.1 Å². The Morgan fingerprint density at radius 1 is 1.21 bits per heavy atom. The average molecular weight is 269 g/mol. The van der Waals surface area contributed by atoms with Gasteiger partial charge in [0, 0.05) is 6.20 Å². The molecule has 0 saturated heterocycles. The Bertz CT molecular complexity index is 659. The number of nitrogen functional groups attached to an aromatic ring is 1. The van der Waals surface area contributed by atoms with E-state index < -0.39 is 17.3 Å². The molecule has 100 valence electrons. The summed E-state index contributed by atoms with van der Waals surface area (Å²) in [7, 11) is 0. The minimum Gasteiger partial charge on any atom is -0.369 e. The van der Waals surface area contributed by atoms with Crippen LogP contribution in [0.15, 0.2) is 35.3 Å². The first-order valence-electron chi connectivity index (χ1n) is 5.32. The Balaban J connectivity index is 2.70. The third kappa shape index (κ3) is 2.44. The molecule has 0 spiro atoms. The lowest BCUT2D eigenvalue weighted by molar-refractivity contribution is -0.139. The highest BCUT2D eigenvalue weighted by molar-refractivity contribution is 5.41. The maximum Gasteiger partial charge on any atom is 0.423 e. The van der Waals surface area contributed by atoms with Gasteiger partial charge in [0.25, 0.3) is 5.56 Å². The van der Waals surface area contributed by atoms with Crippen molar-refractivity contribution in [2.24, 2.45) is 0 Å². The summed E-state index contributed by atoms with van der Waals surface area (Å²) in [5, 5.41) is 0. The Kier molecular flexibility index (Phi) is 3.05. The van der Waals surface area contributed by atoms with Crippen molar-refractivity contribution in [1.29, 1.82) is 0 Å². The van der Waals surface area contributed by atoms with E-state index in [0.717, 1.165) is 10.1 Å². The van der Waals surface area contributed by atoms with Crippen LogP contribution < -0.4 is 11.3 Å². The van der Waals surface area contributed by atoms with Crippen molar-refractivity contribution in [2.45, 2.75) is 13.1 Å². The van der Waals surface area contributed by atoms with Gasteiger partial charge in [0.2, 0.25) is 5.95 Å². The molecule has 0 bridgehead atoms. The van der Waals surface area contributed by atoms with E-state index in [1.165, 1.54) is 12.1 Å². The number of nitrogens with zero attached hydrogens (tertiary/aromatic N) is 2. The predicted molar refractivity (Wildman–Crippen MR) is 64.0 cm³/mol. The Morgan fingerprint density at radius 3 is 2.32 bits per heavy atom. The average Bonchev–Trinajstić information content (AvgIpc) is 2.29. The van der Waals surface area contributed by atoms with Gasteiger partial charge in [-0.05, 0) is 19.1 Å². The van der Waals surface area contributed by atoms with Crippen LogP contribution in [0.1, 0.15) is 11.1 Å². The molecular weight excluding hydrogens is 259 g/mol. The first kappa shape index (κ1) is 13.1. The van der Waals surface area contributed by atoms with Crippen LogP contribution in [0.25, 0.3) is 5.69 Å². The number of halogens is 3. The van der Waals surface area contributed by atoms with Crippen molar-refractivity contribution in [2.75, 3.05) is 5.73 Å². The highest BCUT2D eigenvalue weighted by Gasteiger charge is 2.35. The molecule has 0 amide bonds. The summed E-state index contributed by atoms with van der Waals surface area (Å²) in [6, 6.07) is 6.35. The minimum absolute atomic E-state index is 0.242. The maximum atomic E-state index is 12.6. The van der Waals surface area contributed by atoms with Crippen LogP contribution in [-0.4, -0.2) is 9.55 Å². The third-order valence-corrected chi connectivity index (χ3v) is 2.59. The van der Waals surface area contributed by atoms with Crippen LogP contribution in [0.3, 0.4) is 0 Å². The van der Waals surface area contributed by atoms with Gasteiger partial charge in [0.15, 0.2) is 0 Å². The second-order valence-electron chi connectivity index (χ2n) is 4.00. The van der Waals surface area contributed by atoms with Crippen molar-refractivity contribution in [3.8, 4) is 5.69 Å². The summed E-state index contributed by atoms with van der Waals surface area (Å²) in [6.07, 6.45) is -4.31. The molecule has 0 atom stereocenters. The molecule has 0 unspecified atom stereocenters. The first-order valence-corrected chi connectivity index (χ1v) is 5.32. The van der Waals surface area contributed by atoms with Crippen molar-refractivity contribution < 1.29 is 13.2 Å². The van der Waals surface area contributed by atoms with E-state index >= 15 is 0 Å². The Labute approximate surface area is 106 Å². The minimum atomic E-state index is -4.76. The Hall–Kier alpha value is -2.31. The van der Waals surface area contributed by atoms with Crippen molar-refractivity contribution >= 4 is 5.95 Å². The number of hydrogen-bond acceptors (Lipinski definition) is 3. The van der Waals surface area contributed by atoms with Crippen LogP contribution in [-0.2, 0) is 6.18 Å². The summed E-state index contributed by atoms with van der Waals surface area (Å²) in [5.74, 6) is -0.290. The molecule has 0 aliphatic rings. The molecule has 4 nitrogen and oxygen atoms in total. The second-order valence-corrected chi connectivity index (χ2v) is 4.00. The molecule has 0 aliphatic heterocycles. The summed E-state index contributed by atoms with van der Waals surface area (Å²) < 4.78 is 38.7. The molecule has 0 saturated carbocycles. The van der Waals surface area contributed by atoms with Gasteiger partial charge in [-0.3, -0.25) is 4.79 Å². The van der Waals surface area contributed by atoms with Gasteiger partial charge in [0.05, 0.1) is 5.69 Å². The number of aromatic nitrogens is 2. The van der Waals surface area contributed by atoms with Gasteiger partial charge in [-0.25, -0.2) is 9.55 Å². The van der Waals surface area contributed by atoms with Crippen LogP contribution >= 0.6 is 0 Å². The standard InChI is InChI=1S/C12H10F3N3O/c1-7-2-4-8(5-3-7)18-10(19)9(12(13,14)15)6-17-11(18)16/h2-6H,1H3,(H2,16,17). The van der Waals surface area contributed by atoms with Gasteiger partial charge < -0.3 is 5.73 Å². The van der Waals surface area contributed by atoms with Crippen molar-refractivity contribution in [3.63, 3.8) is 0 Å². The third-order valence-electron chi connectivity index (χ3n) is 2.59. The van der Waals surface area contributed by atoms with Crippen LogP contribution in [0, 0.1) is 6.92 Å². The topological polar surface area (TPSA) is 60.9 Å². The summed E-state index contributed by atoms with van der Waals surface area (Å²) in [5.41, 5.74) is 4.07. The first-order chi connectivity index (χ1) is 8.80. The molecule has 7 heteroatoms. The van der Waals surface area contributed by atoms with Gasteiger partial charge in [-0.15, -0.1) is 0 Å². The summed E-state index contributed by atoms with van der Waals surface area (Å²) >= 11 is 0. The molecule has 0 radical (unpaired) electrons. The van der Waals surface area contributed by atoms with Gasteiger partial charge >= 0.3 is 6.18 Å². The lowest BCUT2D eigenvalue weighted by Crippen LogP contribution is -2.30. The highest BCUT2D eigenvalue weighted by Crippen LogP contribution is 2.26. The monoisotopic (exact) mass is 269 g/mol. The fourth-order valence-electron chi connectivity index (χ4n) is 1.61. The molecule has 19 heavy (non-hydrogen) atoms. The van der Waals surface area contributed by atoms with E-state index in [1.54, 1.807) is 12.1 Å². The smallest absolute Gasteiger partial charge is 0.369 e. The number of nitrogens with two attached hydrogens (primary N) is 1. The normalized spacial score (nSPS) is 11.6. The van der Waals surface area contributed by atoms with Crippen LogP contribution in [0.2, 0.25) is 0 Å². The van der Waals surface area contributed by atoms with E-state index in [1.807, 2.05) is 6.92 Å². The molecule has 0 aliphatic carbocycles. The number of hydrogen-bond donors (Lipinski definition) is 1. The molecule has 1 aromatic heterocycles. The summed E-state index contributed by atoms with van der Waals surface area (Å²) in [4.78, 5) is 15.3. The highest BCUT2D eigenvalue weighted by atomic mass is 19.4. The van der Waals surface area contributed by atoms with Gasteiger partial charge in [0.1, 0.15) is 5.56 Å². The van der Waals surface area contributed by atoms with E-state index in [-0.39, 0.29) is 11.6 Å². The van der Waals surface area contributed by atoms with E-state index in [4.69, 9.17) is 5.73 Å². The number of rotatable bonds is 1. The molecule has 2 rings (SSSR count). The van der Waals surface area contributed by atoms with Crippen molar-refractivity contribution in [1.82, 2.24) is 9.55 Å². The van der Waals surface area contributed by atoms with E-state index in [2.05, 4.69) is 4.98 Å². The van der Waals surface area contributed by atoms with E-state index in [0.29, 0.717) is 6.20 Å². The summed E-state index contributed by atoms with van der Waals surface area (Å²) in [6.45, 7) is 1.82. The molecule has 1 aromatic carbocycles. The maximum absolute atomic E-state index is 12.6. The zero-order chi connectivity index (χ0) is 14.2. The predicted octanol–water partition coefficient (Wildman–Crippen LogP) is 2.14. The number of aryl methyl sites for hydroxylation is 1. The number of benzene rings is 1. The fourth-order valence-corrected chi connectivity index (χ4v) is 1.61. The largest absolute Gasteiger partial charge is 0.423 e. The van der Waals surface area contributed by atoms with E-state index in [9.17, 15) is 18.0 Å². The van der Waals surface area contributed by atoms with Gasteiger partial charge in [-0.2, -0.15) is 13.2 Å². The quantitative estimate of drug-likeness (QED) is 0.862. The molecule has 0 fully saturated rings. The number of anilines is 1. The SMILES string of the molecule is Cc1ccc(-n2c(N)ncc(C(F)(F)F)c2=O)cc1.